The van der Waals surface area contributed by atoms with Crippen LogP contribution in [0.5, 0.6) is 5.75 Å². The summed E-state index contributed by atoms with van der Waals surface area (Å²) in [7, 11) is 0. The van der Waals surface area contributed by atoms with Crippen molar-refractivity contribution in [1.82, 2.24) is 24.4 Å². The summed E-state index contributed by atoms with van der Waals surface area (Å²) in [6.45, 7) is 14.1. The maximum absolute atomic E-state index is 15.1. The topological polar surface area (TPSA) is 104 Å². The van der Waals surface area contributed by atoms with Gasteiger partial charge in [0.2, 0.25) is 5.91 Å². The van der Waals surface area contributed by atoms with Crippen molar-refractivity contribution in [3.05, 3.63) is 81.8 Å². The number of aromatic nitrogens is 4. The maximum Gasteiger partial charge on any atom is 0.355 e. The van der Waals surface area contributed by atoms with Crippen molar-refractivity contribution in [2.75, 3.05) is 18.0 Å². The normalized spacial score (nSPS) is 17.2. The molecule has 4 aromatic rings. The van der Waals surface area contributed by atoms with E-state index in [4.69, 9.17) is 16.6 Å². The first-order valence-corrected chi connectivity index (χ1v) is 14.1. The second-order valence-electron chi connectivity index (χ2n) is 10.9. The number of hydrogen-bond donors (Lipinski definition) is 1. The summed E-state index contributed by atoms with van der Waals surface area (Å²) in [6.07, 6.45) is 2.97. The van der Waals surface area contributed by atoms with E-state index in [2.05, 4.69) is 16.5 Å². The summed E-state index contributed by atoms with van der Waals surface area (Å²) in [5.74, 6) is -0.910. The van der Waals surface area contributed by atoms with E-state index in [-0.39, 0.29) is 51.6 Å². The molecule has 0 radical (unpaired) electrons. The van der Waals surface area contributed by atoms with E-state index in [9.17, 15) is 14.7 Å². The Morgan fingerprint density at radius 1 is 1.19 bits per heavy atom. The van der Waals surface area contributed by atoms with Gasteiger partial charge in [0.05, 0.1) is 33.0 Å². The van der Waals surface area contributed by atoms with E-state index >= 15 is 4.39 Å². The number of amides is 1. The number of nitrogens with zero attached hydrogens (tertiary/aromatic N) is 6. The molecule has 1 aliphatic rings. The van der Waals surface area contributed by atoms with Crippen LogP contribution >= 0.6 is 11.6 Å². The average molecular weight is 591 g/mol. The van der Waals surface area contributed by atoms with Crippen LogP contribution in [0.2, 0.25) is 5.02 Å². The Hall–Kier alpha value is -4.31. The Balaban J connectivity index is 1.86. The SMILES string of the molecule is C=CC(=O)N1C[C@H](C)N(c2nc(=O)n(-c3c(C)ccnc3C(C)C)c3nc(-c4c(O)cccc4F)c(Cl)cc23)[C@@H](C)C1. The molecule has 0 saturated carbocycles. The molecule has 1 amide bonds. The van der Waals surface area contributed by atoms with Gasteiger partial charge < -0.3 is 14.9 Å². The third-order valence-corrected chi connectivity index (χ3v) is 7.89. The number of halogens is 2. The third kappa shape index (κ3) is 4.89. The number of piperazine rings is 1. The number of hydrogen-bond acceptors (Lipinski definition) is 7. The fraction of sp³-hybridized carbons (Fsp3) is 0.323. The van der Waals surface area contributed by atoms with Crippen LogP contribution in [0.15, 0.2) is 54.0 Å². The van der Waals surface area contributed by atoms with Crippen molar-refractivity contribution in [3.63, 3.8) is 0 Å². The molecule has 5 rings (SSSR count). The molecule has 0 unspecified atom stereocenters. The lowest BCUT2D eigenvalue weighted by molar-refractivity contribution is -0.127. The molecule has 9 nitrogen and oxygen atoms in total. The van der Waals surface area contributed by atoms with Crippen molar-refractivity contribution >= 4 is 34.4 Å². The number of carbonyl (C=O) groups excluding carboxylic acids is 1. The van der Waals surface area contributed by atoms with Crippen LogP contribution in [0.3, 0.4) is 0 Å². The third-order valence-electron chi connectivity index (χ3n) is 7.60. The van der Waals surface area contributed by atoms with Gasteiger partial charge >= 0.3 is 5.69 Å². The van der Waals surface area contributed by atoms with Crippen LogP contribution in [0.25, 0.3) is 28.0 Å². The Kier molecular flexibility index (Phi) is 7.76. The Bertz CT molecular complexity index is 1760. The molecule has 218 valence electrons. The van der Waals surface area contributed by atoms with Gasteiger partial charge in [-0.15, -0.1) is 0 Å². The molecular weight excluding hydrogens is 559 g/mol. The van der Waals surface area contributed by atoms with Crippen molar-refractivity contribution < 1.29 is 14.3 Å². The number of aromatic hydroxyl groups is 1. The van der Waals surface area contributed by atoms with Gasteiger partial charge in [0.15, 0.2) is 5.65 Å². The van der Waals surface area contributed by atoms with E-state index in [0.29, 0.717) is 35.7 Å². The summed E-state index contributed by atoms with van der Waals surface area (Å²) in [6, 6.07) is 6.90. The monoisotopic (exact) mass is 590 g/mol. The molecule has 0 spiro atoms. The Labute approximate surface area is 247 Å². The highest BCUT2D eigenvalue weighted by atomic mass is 35.5. The maximum atomic E-state index is 15.1. The van der Waals surface area contributed by atoms with Crippen LogP contribution < -0.4 is 10.6 Å². The number of anilines is 1. The predicted molar refractivity (Wildman–Crippen MR) is 162 cm³/mol. The second kappa shape index (κ2) is 11.2. The van der Waals surface area contributed by atoms with Gasteiger partial charge in [0.1, 0.15) is 17.4 Å². The van der Waals surface area contributed by atoms with Crippen molar-refractivity contribution in [2.45, 2.75) is 52.6 Å². The zero-order valence-corrected chi connectivity index (χ0v) is 24.9. The van der Waals surface area contributed by atoms with Crippen LogP contribution in [0.1, 0.15) is 44.9 Å². The number of rotatable bonds is 5. The van der Waals surface area contributed by atoms with Gasteiger partial charge in [-0.2, -0.15) is 4.98 Å². The molecule has 0 bridgehead atoms. The largest absolute Gasteiger partial charge is 0.507 e. The standard InChI is InChI=1S/C31H32ClFN6O3/c1-7-24(41)37-14-18(5)38(19(6)15-37)30-20-13-21(32)27(25-22(33)9-8-10-23(25)40)35-29(20)39(31(42)36-30)28-17(4)11-12-34-26(28)16(2)3/h7-13,16,18-19,40H,1,14-15H2,2-6H3/t18-,19-/m0/s1. The van der Waals surface area contributed by atoms with Gasteiger partial charge in [-0.25, -0.2) is 18.7 Å². The van der Waals surface area contributed by atoms with Gasteiger partial charge in [-0.1, -0.05) is 38.1 Å². The number of fused-ring (bicyclic) bond motifs is 1. The van der Waals surface area contributed by atoms with Crippen LogP contribution in [-0.2, 0) is 4.79 Å². The number of aryl methyl sites for hydroxylation is 1. The zero-order chi connectivity index (χ0) is 30.5. The number of carbonyl (C=O) groups is 1. The summed E-state index contributed by atoms with van der Waals surface area (Å²) in [4.78, 5) is 44.0. The number of phenols is 1. The minimum Gasteiger partial charge on any atom is -0.507 e. The molecular formula is C31H32ClFN6O3. The highest BCUT2D eigenvalue weighted by molar-refractivity contribution is 6.34. The summed E-state index contributed by atoms with van der Waals surface area (Å²) < 4.78 is 16.4. The first-order valence-electron chi connectivity index (χ1n) is 13.7. The number of benzene rings is 1. The van der Waals surface area contributed by atoms with Gasteiger partial charge in [0, 0.05) is 31.4 Å². The summed E-state index contributed by atoms with van der Waals surface area (Å²) in [5.41, 5.74) is 1.37. The highest BCUT2D eigenvalue weighted by Crippen LogP contribution is 2.39. The molecule has 1 aromatic carbocycles. The van der Waals surface area contributed by atoms with Crippen molar-refractivity contribution in [1.29, 1.82) is 0 Å². The first kappa shape index (κ1) is 29.2. The second-order valence-corrected chi connectivity index (χ2v) is 11.4. The van der Waals surface area contributed by atoms with E-state index in [1.165, 1.54) is 28.8 Å². The van der Waals surface area contributed by atoms with Crippen LogP contribution in [-0.4, -0.2) is 60.6 Å². The lowest BCUT2D eigenvalue weighted by Crippen LogP contribution is -2.58. The molecule has 4 heterocycles. The fourth-order valence-electron chi connectivity index (χ4n) is 5.76. The highest BCUT2D eigenvalue weighted by Gasteiger charge is 2.34. The van der Waals surface area contributed by atoms with Gasteiger partial charge in [-0.3, -0.25) is 9.78 Å². The molecule has 1 fully saturated rings. The fourth-order valence-corrected chi connectivity index (χ4v) is 6.01. The molecule has 42 heavy (non-hydrogen) atoms. The minimum atomic E-state index is -0.711. The average Bonchev–Trinajstić information content (AvgIpc) is 2.93. The molecule has 11 heteroatoms. The Morgan fingerprint density at radius 3 is 2.50 bits per heavy atom. The van der Waals surface area contributed by atoms with E-state index in [1.54, 1.807) is 23.2 Å². The molecule has 3 aromatic heterocycles. The van der Waals surface area contributed by atoms with Gasteiger partial charge in [-0.05, 0) is 62.6 Å². The summed E-state index contributed by atoms with van der Waals surface area (Å²) in [5, 5.41) is 11.1. The van der Waals surface area contributed by atoms with Crippen LogP contribution in [0.4, 0.5) is 10.2 Å². The Morgan fingerprint density at radius 2 is 1.88 bits per heavy atom. The van der Waals surface area contributed by atoms with Crippen LogP contribution in [0, 0.1) is 12.7 Å². The molecule has 2 atom stereocenters. The van der Waals surface area contributed by atoms with E-state index < -0.39 is 11.5 Å². The first-order chi connectivity index (χ1) is 19.9. The van der Waals surface area contributed by atoms with E-state index in [1.807, 2.05) is 39.5 Å². The van der Waals surface area contributed by atoms with E-state index in [0.717, 1.165) is 5.56 Å². The lowest BCUT2D eigenvalue weighted by atomic mass is 10.0. The number of phenolic OH excluding ortho intramolecular Hbond substituents is 1. The quantitative estimate of drug-likeness (QED) is 0.311. The number of pyridine rings is 2. The molecule has 1 aliphatic heterocycles. The zero-order valence-electron chi connectivity index (χ0n) is 24.1. The smallest absolute Gasteiger partial charge is 0.355 e. The predicted octanol–water partition coefficient (Wildman–Crippen LogP) is 5.38. The lowest BCUT2D eigenvalue weighted by Gasteiger charge is -2.45. The molecule has 1 saturated heterocycles. The minimum absolute atomic E-state index is 0.0137. The molecule has 0 aliphatic carbocycles. The summed E-state index contributed by atoms with van der Waals surface area (Å²) >= 11 is 6.75. The molecule has 1 N–H and O–H groups in total. The van der Waals surface area contributed by atoms with Crippen molar-refractivity contribution in [2.24, 2.45) is 0 Å². The van der Waals surface area contributed by atoms with Crippen molar-refractivity contribution in [3.8, 4) is 22.7 Å². The van der Waals surface area contributed by atoms with Gasteiger partial charge in [0.25, 0.3) is 0 Å².